The van der Waals surface area contributed by atoms with Crippen LogP contribution in [0.2, 0.25) is 0 Å². The van der Waals surface area contributed by atoms with Gasteiger partial charge in [-0.2, -0.15) is 0 Å². The second kappa shape index (κ2) is 7.08. The van der Waals surface area contributed by atoms with Crippen LogP contribution < -0.4 is 5.32 Å². The van der Waals surface area contributed by atoms with Gasteiger partial charge in [0.05, 0.1) is 17.7 Å². The maximum Gasteiger partial charge on any atom is 0.225 e. The number of rotatable bonds is 5. The Bertz CT molecular complexity index is 830. The summed E-state index contributed by atoms with van der Waals surface area (Å²) < 4.78 is 15.2. The SMILES string of the molecule is CC(CC(=O)Nc1ccccc1-n1ccnc1)c1cccc(F)c1. The lowest BCUT2D eigenvalue weighted by molar-refractivity contribution is -0.116. The molecule has 24 heavy (non-hydrogen) atoms. The number of nitrogens with zero attached hydrogens (tertiary/aromatic N) is 2. The third kappa shape index (κ3) is 3.68. The van der Waals surface area contributed by atoms with E-state index in [-0.39, 0.29) is 24.1 Å². The van der Waals surface area contributed by atoms with E-state index in [1.54, 1.807) is 18.6 Å². The summed E-state index contributed by atoms with van der Waals surface area (Å²) >= 11 is 0. The molecule has 0 saturated heterocycles. The van der Waals surface area contributed by atoms with Crippen LogP contribution in [0, 0.1) is 5.82 Å². The van der Waals surface area contributed by atoms with E-state index in [1.165, 1.54) is 12.1 Å². The van der Waals surface area contributed by atoms with E-state index < -0.39 is 0 Å². The standard InChI is InChI=1S/C19H18FN3O/c1-14(15-5-4-6-16(20)12-15)11-19(24)22-17-7-2-3-8-18(17)23-10-9-21-13-23/h2-10,12-14H,11H2,1H3,(H,22,24). The summed E-state index contributed by atoms with van der Waals surface area (Å²) in [5.41, 5.74) is 2.38. The first-order valence-electron chi connectivity index (χ1n) is 7.76. The zero-order valence-electron chi connectivity index (χ0n) is 13.3. The number of benzene rings is 2. The number of hydrogen-bond acceptors (Lipinski definition) is 2. The van der Waals surface area contributed by atoms with Gasteiger partial charge in [-0.05, 0) is 35.7 Å². The maximum absolute atomic E-state index is 13.3. The molecule has 0 fully saturated rings. The van der Waals surface area contributed by atoms with Crippen molar-refractivity contribution in [1.29, 1.82) is 0 Å². The minimum Gasteiger partial charge on any atom is -0.324 e. The van der Waals surface area contributed by atoms with E-state index in [4.69, 9.17) is 0 Å². The molecule has 0 aliphatic heterocycles. The summed E-state index contributed by atoms with van der Waals surface area (Å²) in [6, 6.07) is 13.9. The Balaban J connectivity index is 1.72. The second-order valence-corrected chi connectivity index (χ2v) is 5.70. The average molecular weight is 323 g/mol. The van der Waals surface area contributed by atoms with Gasteiger partial charge in [0.2, 0.25) is 5.91 Å². The number of carbonyl (C=O) groups is 1. The number of hydrogen-bond donors (Lipinski definition) is 1. The summed E-state index contributed by atoms with van der Waals surface area (Å²) in [4.78, 5) is 16.4. The molecular formula is C19H18FN3O. The molecule has 122 valence electrons. The van der Waals surface area contributed by atoms with E-state index >= 15 is 0 Å². The van der Waals surface area contributed by atoms with Crippen molar-refractivity contribution < 1.29 is 9.18 Å². The minimum atomic E-state index is -0.287. The van der Waals surface area contributed by atoms with Crippen LogP contribution in [0.4, 0.5) is 10.1 Å². The molecule has 3 aromatic rings. The molecule has 0 aliphatic carbocycles. The number of imidazole rings is 1. The third-order valence-electron chi connectivity index (χ3n) is 3.87. The molecule has 0 radical (unpaired) electrons. The van der Waals surface area contributed by atoms with Crippen molar-refractivity contribution >= 4 is 11.6 Å². The van der Waals surface area contributed by atoms with Gasteiger partial charge in [0.1, 0.15) is 5.82 Å². The zero-order valence-corrected chi connectivity index (χ0v) is 13.3. The molecule has 2 aromatic carbocycles. The van der Waals surface area contributed by atoms with Gasteiger partial charge in [0, 0.05) is 18.8 Å². The lowest BCUT2D eigenvalue weighted by Crippen LogP contribution is -2.15. The molecule has 3 rings (SSSR count). The molecule has 0 saturated carbocycles. The van der Waals surface area contributed by atoms with Crippen molar-refractivity contribution in [3.05, 3.63) is 78.6 Å². The van der Waals surface area contributed by atoms with Crippen LogP contribution in [-0.2, 0) is 4.79 Å². The van der Waals surface area contributed by atoms with Crippen LogP contribution in [0.3, 0.4) is 0 Å². The molecule has 0 bridgehead atoms. The number of para-hydroxylation sites is 2. The lowest BCUT2D eigenvalue weighted by atomic mass is 9.97. The Labute approximate surface area is 140 Å². The number of anilines is 1. The minimum absolute atomic E-state index is 0.0684. The fourth-order valence-corrected chi connectivity index (χ4v) is 2.62. The molecule has 1 unspecified atom stereocenters. The predicted octanol–water partition coefficient (Wildman–Crippen LogP) is 4.14. The van der Waals surface area contributed by atoms with Gasteiger partial charge in [-0.3, -0.25) is 4.79 Å². The lowest BCUT2D eigenvalue weighted by Gasteiger charge is -2.14. The Morgan fingerprint density at radius 1 is 1.25 bits per heavy atom. The summed E-state index contributed by atoms with van der Waals surface area (Å²) in [7, 11) is 0. The molecule has 5 heteroatoms. The number of carbonyl (C=O) groups excluding carboxylic acids is 1. The fraction of sp³-hybridized carbons (Fsp3) is 0.158. The Morgan fingerprint density at radius 3 is 2.83 bits per heavy atom. The van der Waals surface area contributed by atoms with Crippen LogP contribution in [0.1, 0.15) is 24.8 Å². The Hall–Kier alpha value is -2.95. The summed E-state index contributed by atoms with van der Waals surface area (Å²) in [5.74, 6) is -0.467. The van der Waals surface area contributed by atoms with Gasteiger partial charge in [-0.25, -0.2) is 9.37 Å². The first kappa shape index (κ1) is 15.9. The fourth-order valence-electron chi connectivity index (χ4n) is 2.62. The van der Waals surface area contributed by atoms with Gasteiger partial charge in [-0.15, -0.1) is 0 Å². The van der Waals surface area contributed by atoms with E-state index in [0.717, 1.165) is 11.3 Å². The zero-order chi connectivity index (χ0) is 16.9. The Kier molecular flexibility index (Phi) is 4.70. The van der Waals surface area contributed by atoms with Crippen molar-refractivity contribution in [2.24, 2.45) is 0 Å². The van der Waals surface area contributed by atoms with Crippen LogP contribution in [0.5, 0.6) is 0 Å². The van der Waals surface area contributed by atoms with Crippen molar-refractivity contribution in [3.8, 4) is 5.69 Å². The smallest absolute Gasteiger partial charge is 0.225 e. The molecule has 1 atom stereocenters. The predicted molar refractivity (Wildman–Crippen MR) is 91.6 cm³/mol. The van der Waals surface area contributed by atoms with E-state index in [2.05, 4.69) is 10.3 Å². The normalized spacial score (nSPS) is 11.9. The highest BCUT2D eigenvalue weighted by molar-refractivity contribution is 5.93. The molecule has 1 N–H and O–H groups in total. The molecule has 0 aliphatic rings. The number of amides is 1. The monoisotopic (exact) mass is 323 g/mol. The van der Waals surface area contributed by atoms with Gasteiger partial charge in [-0.1, -0.05) is 31.2 Å². The third-order valence-corrected chi connectivity index (χ3v) is 3.87. The average Bonchev–Trinajstić information content (AvgIpc) is 3.09. The summed E-state index contributed by atoms with van der Waals surface area (Å²) in [6.07, 6.45) is 5.47. The van der Waals surface area contributed by atoms with Crippen LogP contribution in [0.25, 0.3) is 5.69 Å². The first-order valence-corrected chi connectivity index (χ1v) is 7.76. The first-order chi connectivity index (χ1) is 11.6. The molecule has 1 aromatic heterocycles. The van der Waals surface area contributed by atoms with Crippen LogP contribution in [0.15, 0.2) is 67.3 Å². The number of aromatic nitrogens is 2. The van der Waals surface area contributed by atoms with E-state index in [1.807, 2.05) is 48.0 Å². The number of nitrogens with one attached hydrogen (secondary N) is 1. The van der Waals surface area contributed by atoms with Crippen molar-refractivity contribution in [2.45, 2.75) is 19.3 Å². The second-order valence-electron chi connectivity index (χ2n) is 5.70. The van der Waals surface area contributed by atoms with Gasteiger partial charge in [0.15, 0.2) is 0 Å². The number of halogens is 1. The largest absolute Gasteiger partial charge is 0.324 e. The highest BCUT2D eigenvalue weighted by atomic mass is 19.1. The van der Waals surface area contributed by atoms with E-state index in [9.17, 15) is 9.18 Å². The summed E-state index contributed by atoms with van der Waals surface area (Å²) in [6.45, 7) is 1.91. The Morgan fingerprint density at radius 2 is 2.08 bits per heavy atom. The molecular weight excluding hydrogens is 305 g/mol. The van der Waals surface area contributed by atoms with Crippen LogP contribution >= 0.6 is 0 Å². The van der Waals surface area contributed by atoms with E-state index in [0.29, 0.717) is 5.69 Å². The van der Waals surface area contributed by atoms with Gasteiger partial charge in [0.25, 0.3) is 0 Å². The maximum atomic E-state index is 13.3. The highest BCUT2D eigenvalue weighted by Crippen LogP contribution is 2.23. The van der Waals surface area contributed by atoms with Crippen LogP contribution in [-0.4, -0.2) is 15.5 Å². The molecule has 1 amide bonds. The van der Waals surface area contributed by atoms with Crippen molar-refractivity contribution in [2.75, 3.05) is 5.32 Å². The molecule has 4 nitrogen and oxygen atoms in total. The van der Waals surface area contributed by atoms with Crippen molar-refractivity contribution in [3.63, 3.8) is 0 Å². The summed E-state index contributed by atoms with van der Waals surface area (Å²) in [5, 5.41) is 2.93. The topological polar surface area (TPSA) is 46.9 Å². The quantitative estimate of drug-likeness (QED) is 0.767. The highest BCUT2D eigenvalue weighted by Gasteiger charge is 2.13. The molecule has 0 spiro atoms. The molecule has 1 heterocycles. The van der Waals surface area contributed by atoms with Gasteiger partial charge < -0.3 is 9.88 Å². The van der Waals surface area contributed by atoms with Gasteiger partial charge >= 0.3 is 0 Å². The van der Waals surface area contributed by atoms with Crippen molar-refractivity contribution in [1.82, 2.24) is 9.55 Å².